The Bertz CT molecular complexity index is 2310. The van der Waals surface area contributed by atoms with E-state index in [0.29, 0.717) is 0 Å². The van der Waals surface area contributed by atoms with Gasteiger partial charge in [-0.1, -0.05) is 181 Å². The largest absolute Gasteiger partial charge is 0.309 e. The number of para-hydroxylation sites is 1. The Morgan fingerprint density at radius 2 is 0.963 bits per heavy atom. The zero-order valence-electron chi connectivity index (χ0n) is 31.1. The fourth-order valence-electron chi connectivity index (χ4n) is 6.31. The summed E-state index contributed by atoms with van der Waals surface area (Å²) in [5, 5.41) is 0. The molecular formula is C52H48N2. The highest BCUT2D eigenvalue weighted by molar-refractivity contribution is 5.85. The summed E-state index contributed by atoms with van der Waals surface area (Å²) >= 11 is 0. The van der Waals surface area contributed by atoms with Gasteiger partial charge in [0, 0.05) is 33.6 Å². The van der Waals surface area contributed by atoms with Crippen molar-refractivity contribution < 1.29 is 0 Å². The average Bonchev–Trinajstić information content (AvgIpc) is 3.69. The third-order valence-electron chi connectivity index (χ3n) is 8.74. The maximum absolute atomic E-state index is 4.49. The molecule has 0 aliphatic rings. The Labute approximate surface area is 322 Å². The number of hydrogen-bond acceptors (Lipinski definition) is 0. The Morgan fingerprint density at radius 1 is 0.481 bits per heavy atom. The zero-order chi connectivity index (χ0) is 39.0. The first kappa shape index (κ1) is 39.6. The van der Waals surface area contributed by atoms with Gasteiger partial charge in [-0.15, -0.1) is 0 Å². The summed E-state index contributed by atoms with van der Waals surface area (Å²) in [5.41, 5.74) is 13.2. The molecule has 0 atom stereocenters. The van der Waals surface area contributed by atoms with Gasteiger partial charge in [-0.25, -0.2) is 0 Å². The molecule has 0 spiro atoms. The Balaban J connectivity index is 1.89. The second kappa shape index (κ2) is 19.4. The van der Waals surface area contributed by atoms with Crippen LogP contribution in [0.15, 0.2) is 198 Å². The summed E-state index contributed by atoms with van der Waals surface area (Å²) in [5.74, 6) is 0. The lowest BCUT2D eigenvalue weighted by atomic mass is 9.99. The van der Waals surface area contributed by atoms with Crippen molar-refractivity contribution in [2.24, 2.45) is 0 Å². The van der Waals surface area contributed by atoms with Gasteiger partial charge in [0.15, 0.2) is 0 Å². The standard InChI is InChI=1S/C52H48N2/c1-11-20-27-41(26-14-4)42-33-35-44(36-34-42)54-49(16-6)45(30-21-12-2)47(51(54)18-8)37-32-39(10)40(15-5)38-48-46(31-22-13-3)50(17-7)53(52(48)19-9)43-28-24-23-25-29-43/h11-38H,1-10H2/b27-20-,30-21-,31-22-,37-32-,40-38+,41-26+. The van der Waals surface area contributed by atoms with E-state index in [0.717, 1.165) is 78.7 Å². The fourth-order valence-corrected chi connectivity index (χ4v) is 6.31. The third-order valence-corrected chi connectivity index (χ3v) is 8.74. The van der Waals surface area contributed by atoms with Crippen LogP contribution in [0.4, 0.5) is 0 Å². The molecule has 0 saturated carbocycles. The van der Waals surface area contributed by atoms with Gasteiger partial charge < -0.3 is 9.13 Å². The fraction of sp³-hybridized carbons (Fsp3) is 0. The number of hydrogen-bond donors (Lipinski definition) is 0. The van der Waals surface area contributed by atoms with E-state index in [9.17, 15) is 0 Å². The lowest BCUT2D eigenvalue weighted by molar-refractivity contribution is 1.04. The van der Waals surface area contributed by atoms with Crippen molar-refractivity contribution in [2.75, 3.05) is 0 Å². The van der Waals surface area contributed by atoms with Gasteiger partial charge >= 0.3 is 0 Å². The molecule has 0 bridgehead atoms. The van der Waals surface area contributed by atoms with Crippen molar-refractivity contribution in [1.29, 1.82) is 0 Å². The van der Waals surface area contributed by atoms with Crippen LogP contribution in [0.25, 0.3) is 65.6 Å². The molecule has 54 heavy (non-hydrogen) atoms. The SMILES string of the molecule is C=C/C=C\C(=C/C=C)c1ccc(-n2c(C=C)c(/C=C\C=C)c(/C=C\C(=C)/C(C=C)=C/c3c(/C=C\C=C)c(C=C)n(-c4ccccc4)c3C=C)c2C=C)cc1. The van der Waals surface area contributed by atoms with E-state index < -0.39 is 0 Å². The van der Waals surface area contributed by atoms with E-state index in [4.69, 9.17) is 0 Å². The number of nitrogens with zero attached hydrogens (tertiary/aromatic N) is 2. The predicted molar refractivity (Wildman–Crippen MR) is 244 cm³/mol. The molecule has 0 aliphatic carbocycles. The van der Waals surface area contributed by atoms with Gasteiger partial charge in [-0.3, -0.25) is 0 Å². The minimum Gasteiger partial charge on any atom is -0.309 e. The molecule has 2 aromatic carbocycles. The van der Waals surface area contributed by atoms with Crippen molar-refractivity contribution >= 4 is 54.2 Å². The molecule has 0 N–H and O–H groups in total. The van der Waals surface area contributed by atoms with Crippen molar-refractivity contribution in [3.8, 4) is 11.4 Å². The Hall–Kier alpha value is -7.16. The van der Waals surface area contributed by atoms with Crippen LogP contribution in [-0.2, 0) is 0 Å². The molecule has 266 valence electrons. The van der Waals surface area contributed by atoms with Gasteiger partial charge in [-0.05, 0) is 76.9 Å². The van der Waals surface area contributed by atoms with E-state index in [1.165, 1.54) is 0 Å². The lowest BCUT2D eigenvalue weighted by Gasteiger charge is -2.12. The smallest absolute Gasteiger partial charge is 0.0535 e. The average molecular weight is 701 g/mol. The summed E-state index contributed by atoms with van der Waals surface area (Å²) in [7, 11) is 0. The molecule has 4 rings (SSSR count). The monoisotopic (exact) mass is 700 g/mol. The summed E-state index contributed by atoms with van der Waals surface area (Å²) in [6, 6.07) is 18.5. The highest BCUT2D eigenvalue weighted by Crippen LogP contribution is 2.35. The molecule has 0 aliphatic heterocycles. The van der Waals surface area contributed by atoms with E-state index in [2.05, 4.69) is 123 Å². The normalized spacial score (nSPS) is 12.0. The van der Waals surface area contributed by atoms with Crippen molar-refractivity contribution in [1.82, 2.24) is 9.13 Å². The summed E-state index contributed by atoms with van der Waals surface area (Å²) < 4.78 is 4.32. The predicted octanol–water partition coefficient (Wildman–Crippen LogP) is 14.4. The van der Waals surface area contributed by atoms with Crippen LogP contribution in [0.3, 0.4) is 0 Å². The molecule has 2 heteroatoms. The van der Waals surface area contributed by atoms with Crippen LogP contribution in [0.1, 0.15) is 50.6 Å². The van der Waals surface area contributed by atoms with Crippen molar-refractivity contribution in [2.45, 2.75) is 0 Å². The molecule has 0 radical (unpaired) electrons. The number of allylic oxidation sites excluding steroid dienone is 14. The van der Waals surface area contributed by atoms with Crippen LogP contribution in [0, 0.1) is 0 Å². The Kier molecular flexibility index (Phi) is 14.3. The second-order valence-corrected chi connectivity index (χ2v) is 11.9. The van der Waals surface area contributed by atoms with Crippen molar-refractivity contribution in [3.05, 3.63) is 249 Å². The molecular weight excluding hydrogens is 653 g/mol. The van der Waals surface area contributed by atoms with Crippen LogP contribution < -0.4 is 0 Å². The first-order valence-corrected chi connectivity index (χ1v) is 17.5. The summed E-state index contributed by atoms with van der Waals surface area (Å²) in [6.07, 6.45) is 36.3. The highest BCUT2D eigenvalue weighted by Gasteiger charge is 2.20. The quantitative estimate of drug-likeness (QED) is 0.0862. The summed E-state index contributed by atoms with van der Waals surface area (Å²) in [6.45, 7) is 40.9. The van der Waals surface area contributed by atoms with Gasteiger partial charge in [0.2, 0.25) is 0 Å². The van der Waals surface area contributed by atoms with Crippen LogP contribution in [-0.4, -0.2) is 9.13 Å². The number of benzene rings is 2. The van der Waals surface area contributed by atoms with Gasteiger partial charge in [0.05, 0.1) is 22.8 Å². The summed E-state index contributed by atoms with van der Waals surface area (Å²) in [4.78, 5) is 0. The molecule has 0 amide bonds. The lowest BCUT2D eigenvalue weighted by Crippen LogP contribution is -2.00. The minimum absolute atomic E-state index is 0.770. The molecule has 0 unspecified atom stereocenters. The van der Waals surface area contributed by atoms with Crippen LogP contribution in [0.2, 0.25) is 0 Å². The molecule has 2 heterocycles. The van der Waals surface area contributed by atoms with Crippen molar-refractivity contribution in [3.63, 3.8) is 0 Å². The maximum Gasteiger partial charge on any atom is 0.0535 e. The molecule has 0 saturated heterocycles. The topological polar surface area (TPSA) is 9.86 Å². The highest BCUT2D eigenvalue weighted by atomic mass is 15.0. The van der Waals surface area contributed by atoms with Gasteiger partial charge in [-0.2, -0.15) is 0 Å². The van der Waals surface area contributed by atoms with E-state index in [1.807, 2.05) is 97.2 Å². The first-order chi connectivity index (χ1) is 26.4. The van der Waals surface area contributed by atoms with E-state index >= 15 is 0 Å². The van der Waals surface area contributed by atoms with Crippen LogP contribution >= 0.6 is 0 Å². The molecule has 4 aromatic rings. The van der Waals surface area contributed by atoms with E-state index in [1.54, 1.807) is 24.3 Å². The van der Waals surface area contributed by atoms with Gasteiger partial charge in [0.25, 0.3) is 0 Å². The zero-order valence-corrected chi connectivity index (χ0v) is 31.1. The van der Waals surface area contributed by atoms with Gasteiger partial charge in [0.1, 0.15) is 0 Å². The van der Waals surface area contributed by atoms with Crippen LogP contribution in [0.5, 0.6) is 0 Å². The molecule has 0 fully saturated rings. The molecule has 2 nitrogen and oxygen atoms in total. The minimum atomic E-state index is 0.770. The number of aromatic nitrogens is 2. The Morgan fingerprint density at radius 3 is 1.44 bits per heavy atom. The second-order valence-electron chi connectivity index (χ2n) is 11.9. The van der Waals surface area contributed by atoms with E-state index in [-0.39, 0.29) is 0 Å². The number of rotatable bonds is 19. The third kappa shape index (κ3) is 8.48. The molecule has 2 aromatic heterocycles. The first-order valence-electron chi connectivity index (χ1n) is 17.5. The maximum atomic E-state index is 4.49.